The highest BCUT2D eigenvalue weighted by Crippen LogP contribution is 2.22. The second-order valence-corrected chi connectivity index (χ2v) is 9.84. The van der Waals surface area contributed by atoms with Gasteiger partial charge in [0.1, 0.15) is 0 Å². The van der Waals surface area contributed by atoms with Gasteiger partial charge in [-0.15, -0.1) is 0 Å². The fraction of sp³-hybridized carbons (Fsp3) is 0.235. The van der Waals surface area contributed by atoms with Crippen LogP contribution in [0.4, 0.5) is 0 Å². The Morgan fingerprint density at radius 2 is 1.32 bits per heavy atom. The fourth-order valence-electron chi connectivity index (χ4n) is 4.70. The van der Waals surface area contributed by atoms with Crippen molar-refractivity contribution in [2.75, 3.05) is 7.05 Å². The van der Waals surface area contributed by atoms with E-state index in [4.69, 9.17) is 0 Å². The monoisotopic (exact) mass is 533 g/mol. The van der Waals surface area contributed by atoms with E-state index in [2.05, 4.69) is 15.6 Å². The van der Waals surface area contributed by atoms with Crippen LogP contribution in [0.15, 0.2) is 103 Å². The first-order chi connectivity index (χ1) is 19.5. The number of benzene rings is 3. The number of Topliss-reactive ketones (excluding diaryl/α,β-unsaturated/α-hetero) is 1. The van der Waals surface area contributed by atoms with Crippen LogP contribution in [0, 0.1) is 5.92 Å². The number of nitrogens with zero attached hydrogens (tertiary/aromatic N) is 1. The molecular weight excluding hydrogens is 498 g/mol. The van der Waals surface area contributed by atoms with Crippen LogP contribution in [0.1, 0.15) is 30.9 Å². The number of aromatic nitrogens is 1. The molecule has 0 saturated carbocycles. The van der Waals surface area contributed by atoms with Gasteiger partial charge in [-0.25, -0.2) is 0 Å². The Labute approximate surface area is 235 Å². The quantitative estimate of drug-likeness (QED) is 0.255. The molecule has 6 heteroatoms. The van der Waals surface area contributed by atoms with Gasteiger partial charge in [-0.2, -0.15) is 0 Å². The zero-order valence-electron chi connectivity index (χ0n) is 23.0. The fourth-order valence-corrected chi connectivity index (χ4v) is 4.70. The minimum Gasteiger partial charge on any atom is -0.359 e. The normalized spacial score (nSPS) is 12.2. The van der Waals surface area contributed by atoms with Crippen molar-refractivity contribution in [3.05, 3.63) is 114 Å². The standard InChI is InChI=1S/C34H35N3O3/c1-3-33(39)37-31(21-24-14-17-27(18-15-24)26-10-6-4-7-11-26)32(38)22-29(34(40)35-2)20-25-16-19-30(36-23-25)28-12-8-5-9-13-28/h4-19,23,29,31H,3,20-22H2,1-2H3,(H,35,40)(H,37,39)/t29-,31+/m1/s1. The Kier molecular flexibility index (Phi) is 9.94. The summed E-state index contributed by atoms with van der Waals surface area (Å²) in [6.07, 6.45) is 2.76. The smallest absolute Gasteiger partial charge is 0.223 e. The highest BCUT2D eigenvalue weighted by atomic mass is 16.2. The van der Waals surface area contributed by atoms with E-state index in [9.17, 15) is 14.4 Å². The van der Waals surface area contributed by atoms with Crippen LogP contribution in [0.5, 0.6) is 0 Å². The molecule has 0 saturated heterocycles. The molecule has 4 aromatic rings. The van der Waals surface area contributed by atoms with E-state index < -0.39 is 12.0 Å². The molecule has 2 atom stereocenters. The summed E-state index contributed by atoms with van der Waals surface area (Å²) < 4.78 is 0. The Morgan fingerprint density at radius 3 is 1.90 bits per heavy atom. The van der Waals surface area contributed by atoms with E-state index in [1.165, 1.54) is 0 Å². The molecule has 0 bridgehead atoms. The number of carbonyl (C=O) groups is 3. The number of carbonyl (C=O) groups excluding carboxylic acids is 3. The molecule has 2 N–H and O–H groups in total. The van der Waals surface area contributed by atoms with E-state index in [0.29, 0.717) is 12.8 Å². The van der Waals surface area contributed by atoms with Gasteiger partial charge in [0.15, 0.2) is 5.78 Å². The molecule has 0 aliphatic carbocycles. The molecule has 0 spiro atoms. The SMILES string of the molecule is CCC(=O)N[C@@H](Cc1ccc(-c2ccccc2)cc1)C(=O)C[C@@H](Cc1ccc(-c2ccccc2)nc1)C(=O)NC. The zero-order chi connectivity index (χ0) is 28.3. The number of hydrogen-bond acceptors (Lipinski definition) is 4. The third kappa shape index (κ3) is 7.73. The van der Waals surface area contributed by atoms with Crippen molar-refractivity contribution < 1.29 is 14.4 Å². The second kappa shape index (κ2) is 14.0. The molecule has 1 aromatic heterocycles. The molecule has 0 unspecified atom stereocenters. The van der Waals surface area contributed by atoms with Crippen LogP contribution in [-0.2, 0) is 27.2 Å². The first-order valence-corrected chi connectivity index (χ1v) is 13.6. The van der Waals surface area contributed by atoms with Gasteiger partial charge in [0, 0.05) is 37.6 Å². The number of ketones is 1. The topological polar surface area (TPSA) is 88.2 Å². The predicted octanol–water partition coefficient (Wildman–Crippen LogP) is 5.42. The molecule has 0 fully saturated rings. The van der Waals surface area contributed by atoms with Gasteiger partial charge in [0.2, 0.25) is 11.8 Å². The second-order valence-electron chi connectivity index (χ2n) is 9.84. The van der Waals surface area contributed by atoms with E-state index in [0.717, 1.165) is 33.5 Å². The van der Waals surface area contributed by atoms with Gasteiger partial charge < -0.3 is 10.6 Å². The Balaban J connectivity index is 1.47. The largest absolute Gasteiger partial charge is 0.359 e. The van der Waals surface area contributed by atoms with Crippen LogP contribution in [0.3, 0.4) is 0 Å². The Hall–Kier alpha value is -4.58. The van der Waals surface area contributed by atoms with E-state index in [-0.39, 0.29) is 30.4 Å². The first kappa shape index (κ1) is 28.4. The molecule has 4 rings (SSSR count). The summed E-state index contributed by atoms with van der Waals surface area (Å²) in [6, 6.07) is 31.1. The molecule has 0 aliphatic rings. The lowest BCUT2D eigenvalue weighted by atomic mass is 9.89. The maximum Gasteiger partial charge on any atom is 0.223 e. The van der Waals surface area contributed by atoms with Crippen LogP contribution < -0.4 is 10.6 Å². The minimum absolute atomic E-state index is 0.0108. The van der Waals surface area contributed by atoms with Gasteiger partial charge in [0.05, 0.1) is 11.7 Å². The number of nitrogens with one attached hydrogen (secondary N) is 2. The van der Waals surface area contributed by atoms with Crippen molar-refractivity contribution in [3.8, 4) is 22.4 Å². The maximum atomic E-state index is 13.5. The van der Waals surface area contributed by atoms with Crippen molar-refractivity contribution in [2.45, 2.75) is 38.6 Å². The highest BCUT2D eigenvalue weighted by Gasteiger charge is 2.27. The molecule has 1 heterocycles. The number of hydrogen-bond donors (Lipinski definition) is 2. The summed E-state index contributed by atoms with van der Waals surface area (Å²) in [5.41, 5.74) is 5.85. The molecule has 3 aromatic carbocycles. The third-order valence-corrected chi connectivity index (χ3v) is 6.99. The van der Waals surface area contributed by atoms with E-state index in [1.54, 1.807) is 20.2 Å². The Morgan fingerprint density at radius 1 is 0.725 bits per heavy atom. The summed E-state index contributed by atoms with van der Waals surface area (Å²) in [5.74, 6) is -1.16. The molecule has 40 heavy (non-hydrogen) atoms. The molecule has 0 radical (unpaired) electrons. The van der Waals surface area contributed by atoms with E-state index in [1.807, 2.05) is 97.1 Å². The highest BCUT2D eigenvalue weighted by molar-refractivity contribution is 5.92. The maximum absolute atomic E-state index is 13.5. The predicted molar refractivity (Wildman–Crippen MR) is 158 cm³/mol. The van der Waals surface area contributed by atoms with Crippen LogP contribution >= 0.6 is 0 Å². The number of amides is 2. The lowest BCUT2D eigenvalue weighted by molar-refractivity contribution is -0.131. The lowest BCUT2D eigenvalue weighted by Gasteiger charge is -2.21. The average molecular weight is 534 g/mol. The van der Waals surface area contributed by atoms with Crippen LogP contribution in [-0.4, -0.2) is 35.7 Å². The molecular formula is C34H35N3O3. The minimum atomic E-state index is -0.722. The van der Waals surface area contributed by atoms with Gasteiger partial charge in [-0.3, -0.25) is 19.4 Å². The van der Waals surface area contributed by atoms with Crippen molar-refractivity contribution >= 4 is 17.6 Å². The van der Waals surface area contributed by atoms with Gasteiger partial charge in [-0.05, 0) is 41.2 Å². The number of rotatable bonds is 12. The summed E-state index contributed by atoms with van der Waals surface area (Å²) in [7, 11) is 1.57. The van der Waals surface area contributed by atoms with Crippen molar-refractivity contribution in [3.63, 3.8) is 0 Å². The van der Waals surface area contributed by atoms with Gasteiger partial charge in [0.25, 0.3) is 0 Å². The summed E-state index contributed by atoms with van der Waals surface area (Å²) in [6.45, 7) is 1.75. The van der Waals surface area contributed by atoms with Crippen molar-refractivity contribution in [1.82, 2.24) is 15.6 Å². The molecule has 6 nitrogen and oxygen atoms in total. The van der Waals surface area contributed by atoms with Gasteiger partial charge >= 0.3 is 0 Å². The molecule has 2 amide bonds. The van der Waals surface area contributed by atoms with E-state index >= 15 is 0 Å². The number of pyridine rings is 1. The molecule has 0 aliphatic heterocycles. The van der Waals surface area contributed by atoms with Crippen LogP contribution in [0.25, 0.3) is 22.4 Å². The zero-order valence-corrected chi connectivity index (χ0v) is 23.0. The third-order valence-electron chi connectivity index (χ3n) is 6.99. The lowest BCUT2D eigenvalue weighted by Crippen LogP contribution is -2.44. The summed E-state index contributed by atoms with van der Waals surface area (Å²) >= 11 is 0. The Bertz CT molecular complexity index is 1400. The van der Waals surface area contributed by atoms with Gasteiger partial charge in [-0.1, -0.05) is 97.9 Å². The summed E-state index contributed by atoms with van der Waals surface area (Å²) in [4.78, 5) is 43.2. The molecule has 204 valence electrons. The first-order valence-electron chi connectivity index (χ1n) is 13.6. The van der Waals surface area contributed by atoms with Crippen LogP contribution in [0.2, 0.25) is 0 Å². The van der Waals surface area contributed by atoms with Crippen molar-refractivity contribution in [2.24, 2.45) is 5.92 Å². The average Bonchev–Trinajstić information content (AvgIpc) is 3.01. The van der Waals surface area contributed by atoms with Crippen molar-refractivity contribution in [1.29, 1.82) is 0 Å². The summed E-state index contributed by atoms with van der Waals surface area (Å²) in [5, 5.41) is 5.57.